The third-order valence-corrected chi connectivity index (χ3v) is 7.67. The van der Waals surface area contributed by atoms with Gasteiger partial charge < -0.3 is 25.2 Å². The molecule has 2 heterocycles. The molecular weight excluding hydrogens is 448 g/mol. The smallest absolute Gasteiger partial charge is 0.184 e. The molecule has 2 fully saturated rings. The molecule has 2 aliphatic rings. The number of benzene rings is 3. The molecule has 3 aromatic carbocycles. The topological polar surface area (TPSA) is 68.0 Å². The fourth-order valence-corrected chi connectivity index (χ4v) is 5.47. The molecule has 0 aromatic heterocycles. The van der Waals surface area contributed by atoms with Gasteiger partial charge in [-0.25, -0.2) is 0 Å². The molecule has 0 radical (unpaired) electrons. The van der Waals surface area contributed by atoms with Crippen molar-refractivity contribution in [1.82, 2.24) is 4.90 Å². The number of nitrogens with two attached hydrogens (primary N) is 1. The summed E-state index contributed by atoms with van der Waals surface area (Å²) in [6.07, 6.45) is 3.37. The standard InChI is InChI=1S/C31H38N2O3/c1-22-29(20-33-15-3-2-4-16-33)35-31(36-30(22)25-13-11-23(21-34)12-14-25)28-10-6-9-27(18-28)26-8-5-7-24(17-26)19-32/h5-14,17-18,22,29-31,34H,2-4,15-16,19-21,32H2,1H3/t22-,29+,30+,31+/m0/s1. The number of piperidine rings is 1. The molecule has 36 heavy (non-hydrogen) atoms. The van der Waals surface area contributed by atoms with Gasteiger partial charge in [-0.2, -0.15) is 0 Å². The average molecular weight is 487 g/mol. The number of ether oxygens (including phenoxy) is 2. The molecule has 5 heteroatoms. The normalized spacial score (nSPS) is 25.1. The van der Waals surface area contributed by atoms with Crippen molar-refractivity contribution >= 4 is 0 Å². The summed E-state index contributed by atoms with van der Waals surface area (Å²) in [5.41, 5.74) is 12.3. The Hall–Kier alpha value is -2.54. The predicted octanol–water partition coefficient (Wildman–Crippen LogP) is 5.58. The fourth-order valence-electron chi connectivity index (χ4n) is 5.47. The van der Waals surface area contributed by atoms with Crippen LogP contribution in [0.5, 0.6) is 0 Å². The molecule has 0 saturated carbocycles. The number of hydrogen-bond acceptors (Lipinski definition) is 5. The summed E-state index contributed by atoms with van der Waals surface area (Å²) in [6, 6.07) is 25.0. The van der Waals surface area contributed by atoms with Crippen LogP contribution >= 0.6 is 0 Å². The summed E-state index contributed by atoms with van der Waals surface area (Å²) in [6.45, 7) is 6.01. The van der Waals surface area contributed by atoms with Crippen molar-refractivity contribution in [2.75, 3.05) is 19.6 Å². The summed E-state index contributed by atoms with van der Waals surface area (Å²) in [4.78, 5) is 2.55. The second kappa shape index (κ2) is 11.7. The molecule has 190 valence electrons. The molecule has 0 bridgehead atoms. The van der Waals surface area contributed by atoms with Gasteiger partial charge in [-0.05, 0) is 65.9 Å². The van der Waals surface area contributed by atoms with Gasteiger partial charge in [0.1, 0.15) is 0 Å². The van der Waals surface area contributed by atoms with Crippen LogP contribution < -0.4 is 5.73 Å². The maximum Gasteiger partial charge on any atom is 0.184 e. The third-order valence-electron chi connectivity index (χ3n) is 7.67. The number of likely N-dealkylation sites (tertiary alicyclic amines) is 1. The Morgan fingerprint density at radius 3 is 2.28 bits per heavy atom. The Morgan fingerprint density at radius 2 is 1.56 bits per heavy atom. The molecule has 3 N–H and O–H groups in total. The monoisotopic (exact) mass is 486 g/mol. The zero-order valence-electron chi connectivity index (χ0n) is 21.2. The van der Waals surface area contributed by atoms with E-state index in [1.54, 1.807) is 0 Å². The molecule has 3 aromatic rings. The van der Waals surface area contributed by atoms with Crippen molar-refractivity contribution in [2.24, 2.45) is 11.7 Å². The summed E-state index contributed by atoms with van der Waals surface area (Å²) < 4.78 is 13.4. The SMILES string of the molecule is C[C@H]1[C@@H](CN2CCCCC2)O[C@@H](c2cccc(-c3cccc(CN)c3)c2)O[C@H]1c1ccc(CO)cc1. The van der Waals surface area contributed by atoms with Gasteiger partial charge in [0.05, 0.1) is 18.8 Å². The molecule has 2 aliphatic heterocycles. The van der Waals surface area contributed by atoms with Crippen molar-refractivity contribution < 1.29 is 14.6 Å². The minimum absolute atomic E-state index is 0.0445. The Morgan fingerprint density at radius 1 is 0.833 bits per heavy atom. The van der Waals surface area contributed by atoms with Crippen LogP contribution in [0.2, 0.25) is 0 Å². The van der Waals surface area contributed by atoms with Gasteiger partial charge in [0, 0.05) is 24.6 Å². The molecule has 0 amide bonds. The van der Waals surface area contributed by atoms with E-state index in [0.29, 0.717) is 6.54 Å². The molecule has 2 saturated heterocycles. The highest BCUT2D eigenvalue weighted by Gasteiger charge is 2.39. The molecule has 5 rings (SSSR count). The van der Waals surface area contributed by atoms with Gasteiger partial charge in [-0.1, -0.05) is 74.0 Å². The van der Waals surface area contributed by atoms with Crippen LogP contribution in [-0.4, -0.2) is 35.7 Å². The van der Waals surface area contributed by atoms with Crippen molar-refractivity contribution in [3.63, 3.8) is 0 Å². The lowest BCUT2D eigenvalue weighted by atomic mass is 9.89. The van der Waals surface area contributed by atoms with E-state index in [-0.39, 0.29) is 24.7 Å². The zero-order chi connectivity index (χ0) is 24.9. The number of hydrogen-bond donors (Lipinski definition) is 2. The first-order valence-electron chi connectivity index (χ1n) is 13.3. The van der Waals surface area contributed by atoms with Crippen molar-refractivity contribution in [3.05, 3.63) is 95.1 Å². The first kappa shape index (κ1) is 25.1. The minimum atomic E-state index is -0.448. The van der Waals surface area contributed by atoms with Crippen molar-refractivity contribution in [3.8, 4) is 11.1 Å². The highest BCUT2D eigenvalue weighted by Crippen LogP contribution is 2.42. The first-order chi connectivity index (χ1) is 17.6. The molecule has 0 spiro atoms. The maximum atomic E-state index is 9.50. The average Bonchev–Trinajstić information content (AvgIpc) is 2.95. The Labute approximate surface area is 214 Å². The van der Waals surface area contributed by atoms with Crippen LogP contribution in [-0.2, 0) is 22.6 Å². The lowest BCUT2D eigenvalue weighted by Gasteiger charge is -2.43. The van der Waals surface area contributed by atoms with Crippen LogP contribution in [0.25, 0.3) is 11.1 Å². The summed E-state index contributed by atoms with van der Waals surface area (Å²) in [7, 11) is 0. The second-order valence-electron chi connectivity index (χ2n) is 10.2. The first-order valence-corrected chi connectivity index (χ1v) is 13.3. The lowest BCUT2D eigenvalue weighted by molar-refractivity contribution is -0.276. The van der Waals surface area contributed by atoms with E-state index in [1.807, 2.05) is 12.1 Å². The van der Waals surface area contributed by atoms with Crippen LogP contribution in [0, 0.1) is 5.92 Å². The minimum Gasteiger partial charge on any atom is -0.392 e. The van der Waals surface area contributed by atoms with E-state index in [2.05, 4.69) is 72.5 Å². The van der Waals surface area contributed by atoms with Gasteiger partial charge in [-0.15, -0.1) is 0 Å². The highest BCUT2D eigenvalue weighted by molar-refractivity contribution is 5.65. The number of aliphatic hydroxyl groups is 1. The highest BCUT2D eigenvalue weighted by atomic mass is 16.7. The number of rotatable bonds is 7. The molecule has 5 nitrogen and oxygen atoms in total. The van der Waals surface area contributed by atoms with Gasteiger partial charge in [-0.3, -0.25) is 0 Å². The van der Waals surface area contributed by atoms with Crippen LogP contribution in [0.4, 0.5) is 0 Å². The quantitative estimate of drug-likeness (QED) is 0.456. The van der Waals surface area contributed by atoms with E-state index < -0.39 is 6.29 Å². The van der Waals surface area contributed by atoms with Crippen LogP contribution in [0.3, 0.4) is 0 Å². The van der Waals surface area contributed by atoms with E-state index >= 15 is 0 Å². The Bertz CT molecular complexity index is 1130. The Kier molecular flexibility index (Phi) is 8.15. The number of nitrogens with zero attached hydrogens (tertiary/aromatic N) is 1. The molecule has 0 unspecified atom stereocenters. The Balaban J connectivity index is 1.44. The van der Waals surface area contributed by atoms with Crippen LogP contribution in [0.15, 0.2) is 72.8 Å². The van der Waals surface area contributed by atoms with Gasteiger partial charge in [0.15, 0.2) is 6.29 Å². The van der Waals surface area contributed by atoms with Gasteiger partial charge in [0.25, 0.3) is 0 Å². The van der Waals surface area contributed by atoms with Crippen LogP contribution in [0.1, 0.15) is 60.8 Å². The van der Waals surface area contributed by atoms with Gasteiger partial charge in [0.2, 0.25) is 0 Å². The summed E-state index contributed by atoms with van der Waals surface area (Å²) in [5, 5.41) is 9.50. The molecule has 4 atom stereocenters. The van der Waals surface area contributed by atoms with E-state index in [0.717, 1.165) is 53.0 Å². The largest absolute Gasteiger partial charge is 0.392 e. The van der Waals surface area contributed by atoms with E-state index in [1.165, 1.54) is 19.3 Å². The predicted molar refractivity (Wildman–Crippen MR) is 143 cm³/mol. The van der Waals surface area contributed by atoms with E-state index in [9.17, 15) is 5.11 Å². The third kappa shape index (κ3) is 5.72. The van der Waals surface area contributed by atoms with E-state index in [4.69, 9.17) is 15.2 Å². The summed E-state index contributed by atoms with van der Waals surface area (Å²) >= 11 is 0. The number of aliphatic hydroxyl groups excluding tert-OH is 1. The van der Waals surface area contributed by atoms with Crippen molar-refractivity contribution in [2.45, 2.75) is 57.8 Å². The maximum absolute atomic E-state index is 9.50. The summed E-state index contributed by atoms with van der Waals surface area (Å²) in [5.74, 6) is 0.201. The lowest BCUT2D eigenvalue weighted by Crippen LogP contribution is -2.45. The second-order valence-corrected chi connectivity index (χ2v) is 10.2. The molecule has 0 aliphatic carbocycles. The molecular formula is C31H38N2O3. The zero-order valence-corrected chi connectivity index (χ0v) is 21.2. The fraction of sp³-hybridized carbons (Fsp3) is 0.419. The van der Waals surface area contributed by atoms with Gasteiger partial charge >= 0.3 is 0 Å². The van der Waals surface area contributed by atoms with Crippen molar-refractivity contribution in [1.29, 1.82) is 0 Å².